The molecule has 114 valence electrons. The molecule has 0 aromatic heterocycles. The Balaban J connectivity index is 1.73. The van der Waals surface area contributed by atoms with Gasteiger partial charge in [0, 0.05) is 24.6 Å². The maximum absolute atomic E-state index is 12.2. The average Bonchev–Trinajstić information content (AvgIpc) is 2.86. The number of hydrogen-bond donors (Lipinski definition) is 0. The third kappa shape index (κ3) is 1.51. The standard InChI is InChI=1S/C19H27NO/c1-12-5-7-14-13-6-8-16-19(3,11-17(21)20(16)4)15(13)9-10-18(12,14)2/h5,8,13-15H,6-7,9-11H2,1-4H3. The summed E-state index contributed by atoms with van der Waals surface area (Å²) in [6, 6.07) is 0. The first kappa shape index (κ1) is 13.6. The van der Waals surface area contributed by atoms with Crippen molar-refractivity contribution >= 4 is 5.91 Å². The largest absolute Gasteiger partial charge is 0.319 e. The van der Waals surface area contributed by atoms with Crippen LogP contribution in [0.25, 0.3) is 0 Å². The first-order valence-corrected chi connectivity index (χ1v) is 8.52. The van der Waals surface area contributed by atoms with Crippen LogP contribution in [0.15, 0.2) is 23.4 Å². The first-order valence-electron chi connectivity index (χ1n) is 8.52. The van der Waals surface area contributed by atoms with Crippen molar-refractivity contribution in [3.05, 3.63) is 23.4 Å². The van der Waals surface area contributed by atoms with E-state index in [1.807, 2.05) is 11.9 Å². The number of hydrogen-bond acceptors (Lipinski definition) is 1. The molecule has 1 heterocycles. The van der Waals surface area contributed by atoms with Crippen LogP contribution in [0.5, 0.6) is 0 Å². The van der Waals surface area contributed by atoms with E-state index < -0.39 is 0 Å². The fraction of sp³-hybridized carbons (Fsp3) is 0.737. The number of amides is 1. The highest BCUT2D eigenvalue weighted by Crippen LogP contribution is 2.64. The van der Waals surface area contributed by atoms with E-state index in [1.54, 1.807) is 5.57 Å². The van der Waals surface area contributed by atoms with Crippen molar-refractivity contribution < 1.29 is 4.79 Å². The highest BCUT2D eigenvalue weighted by atomic mass is 16.2. The van der Waals surface area contributed by atoms with Gasteiger partial charge in [-0.15, -0.1) is 0 Å². The van der Waals surface area contributed by atoms with Gasteiger partial charge in [-0.2, -0.15) is 0 Å². The molecule has 3 aliphatic carbocycles. The molecule has 5 atom stereocenters. The van der Waals surface area contributed by atoms with Gasteiger partial charge in [0.1, 0.15) is 0 Å². The first-order chi connectivity index (χ1) is 9.88. The van der Waals surface area contributed by atoms with Gasteiger partial charge in [-0.05, 0) is 55.8 Å². The molecule has 0 radical (unpaired) electrons. The van der Waals surface area contributed by atoms with Crippen molar-refractivity contribution in [1.29, 1.82) is 0 Å². The molecule has 1 saturated heterocycles. The van der Waals surface area contributed by atoms with Crippen LogP contribution in [0.1, 0.15) is 52.9 Å². The molecular formula is C19H27NO. The van der Waals surface area contributed by atoms with Gasteiger partial charge in [0.05, 0.1) is 0 Å². The topological polar surface area (TPSA) is 20.3 Å². The number of carbonyl (C=O) groups is 1. The molecule has 21 heavy (non-hydrogen) atoms. The lowest BCUT2D eigenvalue weighted by atomic mass is 9.50. The molecule has 0 aromatic carbocycles. The summed E-state index contributed by atoms with van der Waals surface area (Å²) in [7, 11) is 1.97. The summed E-state index contributed by atoms with van der Waals surface area (Å²) >= 11 is 0. The van der Waals surface area contributed by atoms with Gasteiger partial charge in [-0.3, -0.25) is 4.79 Å². The Morgan fingerprint density at radius 3 is 2.67 bits per heavy atom. The Morgan fingerprint density at radius 2 is 1.90 bits per heavy atom. The van der Waals surface area contributed by atoms with Gasteiger partial charge < -0.3 is 4.90 Å². The minimum Gasteiger partial charge on any atom is -0.319 e. The Kier molecular flexibility index (Phi) is 2.61. The number of rotatable bonds is 0. The third-order valence-electron chi connectivity index (χ3n) is 7.65. The molecule has 1 amide bonds. The normalized spacial score (nSPS) is 48.5. The van der Waals surface area contributed by atoms with Gasteiger partial charge >= 0.3 is 0 Å². The number of likely N-dealkylation sites (tertiary alicyclic amines) is 1. The van der Waals surface area contributed by atoms with Gasteiger partial charge in [-0.25, -0.2) is 0 Å². The summed E-state index contributed by atoms with van der Waals surface area (Å²) in [6.45, 7) is 7.17. The van der Waals surface area contributed by atoms with Gasteiger partial charge in [0.2, 0.25) is 5.91 Å². The van der Waals surface area contributed by atoms with E-state index in [1.165, 1.54) is 31.4 Å². The monoisotopic (exact) mass is 285 g/mol. The van der Waals surface area contributed by atoms with Crippen LogP contribution in [0.4, 0.5) is 0 Å². The zero-order valence-electron chi connectivity index (χ0n) is 13.8. The summed E-state index contributed by atoms with van der Waals surface area (Å²) in [5, 5.41) is 0. The third-order valence-corrected chi connectivity index (χ3v) is 7.65. The van der Waals surface area contributed by atoms with E-state index in [9.17, 15) is 4.79 Å². The lowest BCUT2D eigenvalue weighted by molar-refractivity contribution is -0.126. The maximum Gasteiger partial charge on any atom is 0.227 e. The molecule has 0 aromatic rings. The van der Waals surface area contributed by atoms with E-state index in [-0.39, 0.29) is 5.41 Å². The van der Waals surface area contributed by atoms with Gasteiger partial charge in [0.25, 0.3) is 0 Å². The smallest absolute Gasteiger partial charge is 0.227 e. The molecule has 5 unspecified atom stereocenters. The maximum atomic E-state index is 12.2. The highest BCUT2D eigenvalue weighted by molar-refractivity contribution is 5.83. The quantitative estimate of drug-likeness (QED) is 0.613. The zero-order valence-corrected chi connectivity index (χ0v) is 13.8. The molecule has 0 N–H and O–H groups in total. The summed E-state index contributed by atoms with van der Waals surface area (Å²) in [6.07, 6.45) is 10.6. The van der Waals surface area contributed by atoms with Crippen LogP contribution in [0, 0.1) is 28.6 Å². The lowest BCUT2D eigenvalue weighted by Crippen LogP contribution is -2.47. The summed E-state index contributed by atoms with van der Waals surface area (Å²) in [4.78, 5) is 14.2. The van der Waals surface area contributed by atoms with Crippen molar-refractivity contribution in [2.45, 2.75) is 52.9 Å². The second-order valence-corrected chi connectivity index (χ2v) is 8.33. The Bertz CT molecular complexity index is 574. The highest BCUT2D eigenvalue weighted by Gasteiger charge is 2.58. The summed E-state index contributed by atoms with van der Waals surface area (Å²) in [5.41, 5.74) is 3.47. The molecule has 0 bridgehead atoms. The molecule has 4 aliphatic rings. The van der Waals surface area contributed by atoms with Crippen molar-refractivity contribution in [2.24, 2.45) is 28.6 Å². The molecule has 2 heteroatoms. The average molecular weight is 285 g/mol. The fourth-order valence-electron chi connectivity index (χ4n) is 6.17. The van der Waals surface area contributed by atoms with Crippen molar-refractivity contribution in [3.63, 3.8) is 0 Å². The fourth-order valence-corrected chi connectivity index (χ4v) is 6.17. The lowest BCUT2D eigenvalue weighted by Gasteiger charge is -2.54. The molecule has 0 spiro atoms. The van der Waals surface area contributed by atoms with Crippen LogP contribution >= 0.6 is 0 Å². The van der Waals surface area contributed by atoms with Crippen LogP contribution in [-0.4, -0.2) is 17.9 Å². The number of allylic oxidation sites excluding steroid dienone is 4. The van der Waals surface area contributed by atoms with E-state index in [0.29, 0.717) is 17.2 Å². The minimum atomic E-state index is 0.104. The van der Waals surface area contributed by atoms with Gasteiger partial charge in [0.15, 0.2) is 0 Å². The molecule has 2 nitrogen and oxygen atoms in total. The van der Waals surface area contributed by atoms with Gasteiger partial charge in [-0.1, -0.05) is 31.6 Å². The minimum absolute atomic E-state index is 0.104. The van der Waals surface area contributed by atoms with Crippen molar-refractivity contribution in [3.8, 4) is 0 Å². The van der Waals surface area contributed by atoms with E-state index >= 15 is 0 Å². The second-order valence-electron chi connectivity index (χ2n) is 8.33. The van der Waals surface area contributed by atoms with Crippen LogP contribution in [-0.2, 0) is 4.79 Å². The Labute approximate surface area is 128 Å². The Hall–Kier alpha value is -1.05. The van der Waals surface area contributed by atoms with Crippen LogP contribution in [0.2, 0.25) is 0 Å². The van der Waals surface area contributed by atoms with E-state index in [0.717, 1.165) is 18.3 Å². The predicted molar refractivity (Wildman–Crippen MR) is 84.4 cm³/mol. The van der Waals surface area contributed by atoms with E-state index in [4.69, 9.17) is 0 Å². The van der Waals surface area contributed by atoms with Crippen LogP contribution in [0.3, 0.4) is 0 Å². The molecule has 4 rings (SSSR count). The number of fused-ring (bicyclic) bond motifs is 5. The van der Waals surface area contributed by atoms with E-state index in [2.05, 4.69) is 32.9 Å². The van der Waals surface area contributed by atoms with Crippen molar-refractivity contribution in [2.75, 3.05) is 7.05 Å². The second kappa shape index (κ2) is 4.02. The molecule has 2 fully saturated rings. The number of carbonyl (C=O) groups excluding carboxylic acids is 1. The molecule has 1 aliphatic heterocycles. The Morgan fingerprint density at radius 1 is 1.14 bits per heavy atom. The molecule has 1 saturated carbocycles. The summed E-state index contributed by atoms with van der Waals surface area (Å²) < 4.78 is 0. The predicted octanol–water partition coefficient (Wildman–Crippen LogP) is 4.14. The SMILES string of the molecule is CC1=CCC2C3CC=C4N(C)C(=O)CC4(C)C3CCC12C. The zero-order chi connectivity index (χ0) is 15.0. The van der Waals surface area contributed by atoms with Crippen molar-refractivity contribution in [1.82, 2.24) is 4.90 Å². The van der Waals surface area contributed by atoms with Crippen LogP contribution < -0.4 is 0 Å². The summed E-state index contributed by atoms with van der Waals surface area (Å²) in [5.74, 6) is 2.58. The molecular weight excluding hydrogens is 258 g/mol. The number of nitrogens with zero attached hydrogens (tertiary/aromatic N) is 1.